The fourth-order valence-electron chi connectivity index (χ4n) is 2.66. The number of carbonyl (C=O) groups excluding carboxylic acids is 1. The van der Waals surface area contributed by atoms with E-state index < -0.39 is 0 Å². The fraction of sp³-hybridized carbons (Fsp3) is 0.562. The standard InChI is InChI=1S/C16H25N3O/c1-13(7-9-17)16(20)18-15-8-10-19(12-15)11-14-5-3-2-4-6-14/h2-6,13,15H,7-12,17H2,1H3,(H,18,20). The lowest BCUT2D eigenvalue weighted by Gasteiger charge is -2.18. The van der Waals surface area contributed by atoms with Crippen molar-refractivity contribution >= 4 is 5.91 Å². The van der Waals surface area contributed by atoms with Crippen LogP contribution in [0, 0.1) is 5.92 Å². The van der Waals surface area contributed by atoms with Gasteiger partial charge in [-0.3, -0.25) is 9.69 Å². The fourth-order valence-corrected chi connectivity index (χ4v) is 2.66. The minimum absolute atomic E-state index is 0.0168. The van der Waals surface area contributed by atoms with Crippen LogP contribution >= 0.6 is 0 Å². The summed E-state index contributed by atoms with van der Waals surface area (Å²) in [5, 5.41) is 3.14. The molecule has 0 spiro atoms. The maximum atomic E-state index is 12.0. The van der Waals surface area contributed by atoms with Gasteiger partial charge in [-0.1, -0.05) is 37.3 Å². The summed E-state index contributed by atoms with van der Waals surface area (Å²) in [6, 6.07) is 10.8. The monoisotopic (exact) mass is 275 g/mol. The first-order valence-electron chi connectivity index (χ1n) is 7.45. The number of nitrogens with one attached hydrogen (secondary N) is 1. The molecule has 0 saturated carbocycles. The molecule has 1 fully saturated rings. The second-order valence-corrected chi connectivity index (χ2v) is 5.69. The van der Waals surface area contributed by atoms with Crippen molar-refractivity contribution < 1.29 is 4.79 Å². The van der Waals surface area contributed by atoms with Gasteiger partial charge in [0.15, 0.2) is 0 Å². The average molecular weight is 275 g/mol. The minimum Gasteiger partial charge on any atom is -0.352 e. The van der Waals surface area contributed by atoms with Gasteiger partial charge in [0.25, 0.3) is 0 Å². The zero-order valence-corrected chi connectivity index (χ0v) is 12.2. The van der Waals surface area contributed by atoms with Crippen LogP contribution in [0.1, 0.15) is 25.3 Å². The van der Waals surface area contributed by atoms with Crippen LogP contribution in [0.15, 0.2) is 30.3 Å². The quantitative estimate of drug-likeness (QED) is 0.824. The highest BCUT2D eigenvalue weighted by Crippen LogP contribution is 2.14. The lowest BCUT2D eigenvalue weighted by Crippen LogP contribution is -2.40. The smallest absolute Gasteiger partial charge is 0.223 e. The zero-order valence-electron chi connectivity index (χ0n) is 12.2. The van der Waals surface area contributed by atoms with Crippen molar-refractivity contribution in [3.8, 4) is 0 Å². The Balaban J connectivity index is 1.76. The van der Waals surface area contributed by atoms with Gasteiger partial charge >= 0.3 is 0 Å². The van der Waals surface area contributed by atoms with Crippen LogP contribution in [0.5, 0.6) is 0 Å². The molecule has 1 amide bonds. The number of benzene rings is 1. The summed E-state index contributed by atoms with van der Waals surface area (Å²) in [4.78, 5) is 14.4. The summed E-state index contributed by atoms with van der Waals surface area (Å²) in [7, 11) is 0. The Hall–Kier alpha value is -1.39. The third kappa shape index (κ3) is 4.32. The molecule has 110 valence electrons. The highest BCUT2D eigenvalue weighted by molar-refractivity contribution is 5.78. The van der Waals surface area contributed by atoms with E-state index in [4.69, 9.17) is 5.73 Å². The molecule has 4 heteroatoms. The SMILES string of the molecule is CC(CCN)C(=O)NC1CCN(Cc2ccccc2)C1. The zero-order chi connectivity index (χ0) is 14.4. The maximum Gasteiger partial charge on any atom is 0.223 e. The second kappa shape index (κ2) is 7.41. The van der Waals surface area contributed by atoms with Gasteiger partial charge in [0.1, 0.15) is 0 Å². The van der Waals surface area contributed by atoms with Crippen molar-refractivity contribution in [1.82, 2.24) is 10.2 Å². The molecule has 1 heterocycles. The number of hydrogen-bond donors (Lipinski definition) is 2. The summed E-state index contributed by atoms with van der Waals surface area (Å²) >= 11 is 0. The molecular weight excluding hydrogens is 250 g/mol. The predicted molar refractivity (Wildman–Crippen MR) is 81.1 cm³/mol. The van der Waals surface area contributed by atoms with E-state index in [1.807, 2.05) is 13.0 Å². The molecule has 1 saturated heterocycles. The minimum atomic E-state index is 0.0168. The third-order valence-corrected chi connectivity index (χ3v) is 3.92. The molecule has 2 atom stereocenters. The molecule has 1 aliphatic rings. The molecule has 0 radical (unpaired) electrons. The summed E-state index contributed by atoms with van der Waals surface area (Å²) < 4.78 is 0. The van der Waals surface area contributed by atoms with Gasteiger partial charge in [-0.15, -0.1) is 0 Å². The number of likely N-dealkylation sites (tertiary alicyclic amines) is 1. The van der Waals surface area contributed by atoms with E-state index in [1.54, 1.807) is 0 Å². The van der Waals surface area contributed by atoms with Gasteiger partial charge in [0.05, 0.1) is 0 Å². The number of amides is 1. The normalized spacial score (nSPS) is 20.8. The number of hydrogen-bond acceptors (Lipinski definition) is 3. The molecular formula is C16H25N3O. The van der Waals surface area contributed by atoms with E-state index in [-0.39, 0.29) is 17.9 Å². The molecule has 2 unspecified atom stereocenters. The van der Waals surface area contributed by atoms with Crippen LogP contribution in [0.3, 0.4) is 0 Å². The van der Waals surface area contributed by atoms with Crippen LogP contribution in [0.4, 0.5) is 0 Å². The molecule has 0 aliphatic carbocycles. The van der Waals surface area contributed by atoms with E-state index in [2.05, 4.69) is 34.5 Å². The molecule has 1 aliphatic heterocycles. The Morgan fingerprint density at radius 3 is 2.90 bits per heavy atom. The molecule has 1 aromatic carbocycles. The number of rotatable bonds is 6. The Morgan fingerprint density at radius 2 is 2.20 bits per heavy atom. The molecule has 1 aromatic rings. The first kappa shape index (κ1) is 15.0. The summed E-state index contributed by atoms with van der Waals surface area (Å²) in [5.41, 5.74) is 6.82. The highest BCUT2D eigenvalue weighted by Gasteiger charge is 2.25. The van der Waals surface area contributed by atoms with E-state index in [1.165, 1.54) is 5.56 Å². The van der Waals surface area contributed by atoms with Gasteiger partial charge in [-0.2, -0.15) is 0 Å². The van der Waals surface area contributed by atoms with Crippen LogP contribution in [0.25, 0.3) is 0 Å². The number of nitrogens with zero attached hydrogens (tertiary/aromatic N) is 1. The second-order valence-electron chi connectivity index (χ2n) is 5.69. The van der Waals surface area contributed by atoms with Gasteiger partial charge < -0.3 is 11.1 Å². The van der Waals surface area contributed by atoms with Crippen molar-refractivity contribution in [2.75, 3.05) is 19.6 Å². The predicted octanol–water partition coefficient (Wildman–Crippen LogP) is 1.36. The van der Waals surface area contributed by atoms with Crippen LogP contribution in [-0.2, 0) is 11.3 Å². The first-order valence-corrected chi connectivity index (χ1v) is 7.45. The van der Waals surface area contributed by atoms with Crippen molar-refractivity contribution in [3.63, 3.8) is 0 Å². The van der Waals surface area contributed by atoms with Crippen LogP contribution in [-0.4, -0.2) is 36.5 Å². The van der Waals surface area contributed by atoms with Crippen molar-refractivity contribution in [2.45, 2.75) is 32.4 Å². The number of carbonyl (C=O) groups is 1. The molecule has 4 nitrogen and oxygen atoms in total. The van der Waals surface area contributed by atoms with Gasteiger partial charge in [-0.25, -0.2) is 0 Å². The first-order chi connectivity index (χ1) is 9.69. The molecule has 20 heavy (non-hydrogen) atoms. The van der Waals surface area contributed by atoms with E-state index >= 15 is 0 Å². The largest absolute Gasteiger partial charge is 0.352 e. The lowest BCUT2D eigenvalue weighted by atomic mass is 10.1. The van der Waals surface area contributed by atoms with Gasteiger partial charge in [0.2, 0.25) is 5.91 Å². The van der Waals surface area contributed by atoms with Crippen LogP contribution in [0.2, 0.25) is 0 Å². The summed E-state index contributed by atoms with van der Waals surface area (Å²) in [5.74, 6) is 0.158. The highest BCUT2D eigenvalue weighted by atomic mass is 16.1. The average Bonchev–Trinajstić information content (AvgIpc) is 2.87. The maximum absolute atomic E-state index is 12.0. The van der Waals surface area contributed by atoms with Crippen molar-refractivity contribution in [1.29, 1.82) is 0 Å². The summed E-state index contributed by atoms with van der Waals surface area (Å²) in [6.45, 7) is 5.46. The Labute approximate surface area is 121 Å². The van der Waals surface area contributed by atoms with Crippen molar-refractivity contribution in [3.05, 3.63) is 35.9 Å². The number of nitrogens with two attached hydrogens (primary N) is 1. The Morgan fingerprint density at radius 1 is 1.45 bits per heavy atom. The topological polar surface area (TPSA) is 58.4 Å². The summed E-state index contributed by atoms with van der Waals surface area (Å²) in [6.07, 6.45) is 1.79. The third-order valence-electron chi connectivity index (χ3n) is 3.92. The van der Waals surface area contributed by atoms with E-state index in [0.29, 0.717) is 6.54 Å². The molecule has 2 rings (SSSR count). The van der Waals surface area contributed by atoms with E-state index in [0.717, 1.165) is 32.5 Å². The van der Waals surface area contributed by atoms with E-state index in [9.17, 15) is 4.79 Å². The van der Waals surface area contributed by atoms with Gasteiger partial charge in [-0.05, 0) is 24.9 Å². The van der Waals surface area contributed by atoms with Crippen LogP contribution < -0.4 is 11.1 Å². The Bertz CT molecular complexity index is 421. The Kier molecular flexibility index (Phi) is 5.56. The molecule has 3 N–H and O–H groups in total. The van der Waals surface area contributed by atoms with Crippen molar-refractivity contribution in [2.24, 2.45) is 11.7 Å². The molecule has 0 bridgehead atoms. The lowest BCUT2D eigenvalue weighted by molar-refractivity contribution is -0.125. The molecule has 0 aromatic heterocycles. The van der Waals surface area contributed by atoms with Gasteiger partial charge in [0, 0.05) is 31.6 Å².